The van der Waals surface area contributed by atoms with Gasteiger partial charge in [-0.05, 0) is 31.1 Å². The lowest BCUT2D eigenvalue weighted by Crippen LogP contribution is -2.44. The summed E-state index contributed by atoms with van der Waals surface area (Å²) in [5, 5.41) is 3.65. The summed E-state index contributed by atoms with van der Waals surface area (Å²) in [5.41, 5.74) is 0. The minimum atomic E-state index is 0.285. The molecule has 1 heteroatoms. The second-order valence-corrected chi connectivity index (χ2v) is 5.18. The molecule has 0 radical (unpaired) electrons. The van der Waals surface area contributed by atoms with Gasteiger partial charge in [0.2, 0.25) is 0 Å². The van der Waals surface area contributed by atoms with Gasteiger partial charge in [-0.25, -0.2) is 0 Å². The molecule has 0 heterocycles. The Morgan fingerprint density at radius 2 is 2.13 bits per heavy atom. The van der Waals surface area contributed by atoms with E-state index in [0.29, 0.717) is 6.04 Å². The predicted molar refractivity (Wildman–Crippen MR) is 66.6 cm³/mol. The Balaban J connectivity index is 2.44. The molecule has 1 aliphatic rings. The first-order chi connectivity index (χ1) is 7.17. The first kappa shape index (κ1) is 12.6. The maximum absolute atomic E-state index is 5.54. The van der Waals surface area contributed by atoms with Gasteiger partial charge < -0.3 is 5.32 Å². The van der Waals surface area contributed by atoms with Crippen molar-refractivity contribution in [3.8, 4) is 12.3 Å². The van der Waals surface area contributed by atoms with Gasteiger partial charge in [0.15, 0.2) is 0 Å². The van der Waals surface area contributed by atoms with E-state index in [1.54, 1.807) is 0 Å². The van der Waals surface area contributed by atoms with Gasteiger partial charge in [-0.3, -0.25) is 0 Å². The molecule has 1 nitrogen and oxygen atoms in total. The van der Waals surface area contributed by atoms with Gasteiger partial charge in [-0.2, -0.15) is 0 Å². The lowest BCUT2D eigenvalue weighted by Gasteiger charge is -2.35. The summed E-state index contributed by atoms with van der Waals surface area (Å²) in [7, 11) is 0. The van der Waals surface area contributed by atoms with E-state index in [9.17, 15) is 0 Å². The molecule has 15 heavy (non-hydrogen) atoms. The minimum Gasteiger partial charge on any atom is -0.301 e. The molecule has 1 saturated carbocycles. The van der Waals surface area contributed by atoms with Gasteiger partial charge in [-0.1, -0.05) is 39.5 Å². The lowest BCUT2D eigenvalue weighted by molar-refractivity contribution is 0.220. The molecule has 1 N–H and O–H groups in total. The van der Waals surface area contributed by atoms with Crippen molar-refractivity contribution in [1.82, 2.24) is 5.32 Å². The maximum Gasteiger partial charge on any atom is 0.0689 e. The third kappa shape index (κ3) is 3.87. The second kappa shape index (κ2) is 6.18. The van der Waals surface area contributed by atoms with Crippen LogP contribution < -0.4 is 5.32 Å². The van der Waals surface area contributed by atoms with E-state index in [1.165, 1.54) is 25.7 Å². The average molecular weight is 207 g/mol. The highest BCUT2D eigenvalue weighted by molar-refractivity contribution is 5.00. The molecular formula is C14H25N. The highest BCUT2D eigenvalue weighted by Crippen LogP contribution is 2.28. The van der Waals surface area contributed by atoms with Crippen LogP contribution in [0.1, 0.15) is 52.9 Å². The van der Waals surface area contributed by atoms with Crippen molar-refractivity contribution in [3.05, 3.63) is 0 Å². The molecule has 0 aliphatic heterocycles. The Labute approximate surface area is 95.0 Å². The highest BCUT2D eigenvalue weighted by atomic mass is 15.0. The van der Waals surface area contributed by atoms with Crippen molar-refractivity contribution in [3.63, 3.8) is 0 Å². The normalized spacial score (nSPS) is 33.3. The highest BCUT2D eigenvalue weighted by Gasteiger charge is 2.26. The molecule has 0 amide bonds. The Hall–Kier alpha value is -0.480. The Kier molecular flexibility index (Phi) is 5.19. The van der Waals surface area contributed by atoms with Gasteiger partial charge >= 0.3 is 0 Å². The minimum absolute atomic E-state index is 0.285. The van der Waals surface area contributed by atoms with Crippen LogP contribution in [-0.4, -0.2) is 12.1 Å². The molecule has 0 bridgehead atoms. The van der Waals surface area contributed by atoms with Crippen LogP contribution in [0.25, 0.3) is 0 Å². The SMILES string of the molecule is C#CC(CCC)NC1CC(C)CCC1C. The monoisotopic (exact) mass is 207 g/mol. The van der Waals surface area contributed by atoms with E-state index in [4.69, 9.17) is 6.42 Å². The second-order valence-electron chi connectivity index (χ2n) is 5.18. The summed E-state index contributed by atoms with van der Waals surface area (Å²) in [6, 6.07) is 0.925. The van der Waals surface area contributed by atoms with Crippen molar-refractivity contribution in [1.29, 1.82) is 0 Å². The summed E-state index contributed by atoms with van der Waals surface area (Å²) >= 11 is 0. The number of terminal acetylenes is 1. The van der Waals surface area contributed by atoms with Crippen molar-refractivity contribution < 1.29 is 0 Å². The number of hydrogen-bond acceptors (Lipinski definition) is 1. The van der Waals surface area contributed by atoms with Crippen molar-refractivity contribution >= 4 is 0 Å². The largest absolute Gasteiger partial charge is 0.301 e. The average Bonchev–Trinajstić information content (AvgIpc) is 2.22. The standard InChI is InChI=1S/C14H25N/c1-5-7-13(6-2)15-14-10-11(3)8-9-12(14)4/h2,11-15H,5,7-10H2,1,3-4H3. The van der Waals surface area contributed by atoms with Crippen molar-refractivity contribution in [2.75, 3.05) is 0 Å². The molecule has 86 valence electrons. The van der Waals surface area contributed by atoms with Gasteiger partial charge in [-0.15, -0.1) is 6.42 Å². The van der Waals surface area contributed by atoms with E-state index in [1.807, 2.05) is 0 Å². The third-order valence-corrected chi connectivity index (χ3v) is 3.65. The smallest absolute Gasteiger partial charge is 0.0689 e. The van der Waals surface area contributed by atoms with E-state index >= 15 is 0 Å². The van der Waals surface area contributed by atoms with E-state index in [0.717, 1.165) is 18.3 Å². The molecule has 1 rings (SSSR count). The summed E-state index contributed by atoms with van der Waals surface area (Å²) in [6.45, 7) is 6.90. The fourth-order valence-electron chi connectivity index (χ4n) is 2.53. The predicted octanol–water partition coefficient (Wildman–Crippen LogP) is 3.20. The van der Waals surface area contributed by atoms with E-state index in [2.05, 4.69) is 32.0 Å². The molecule has 0 saturated heterocycles. The van der Waals surface area contributed by atoms with E-state index in [-0.39, 0.29) is 6.04 Å². The van der Waals surface area contributed by atoms with Crippen LogP contribution >= 0.6 is 0 Å². The van der Waals surface area contributed by atoms with Crippen LogP contribution in [0.3, 0.4) is 0 Å². The van der Waals surface area contributed by atoms with Gasteiger partial charge in [0, 0.05) is 6.04 Å². The Morgan fingerprint density at radius 3 is 2.73 bits per heavy atom. The summed E-state index contributed by atoms with van der Waals surface area (Å²) in [5.74, 6) is 4.52. The fraction of sp³-hybridized carbons (Fsp3) is 0.857. The Bertz CT molecular complexity index is 216. The third-order valence-electron chi connectivity index (χ3n) is 3.65. The molecule has 0 aromatic rings. The zero-order chi connectivity index (χ0) is 11.3. The quantitative estimate of drug-likeness (QED) is 0.698. The zero-order valence-corrected chi connectivity index (χ0v) is 10.4. The first-order valence-corrected chi connectivity index (χ1v) is 6.39. The van der Waals surface area contributed by atoms with Gasteiger partial charge in [0.05, 0.1) is 6.04 Å². The molecule has 0 spiro atoms. The fourth-order valence-corrected chi connectivity index (χ4v) is 2.53. The summed E-state index contributed by atoms with van der Waals surface area (Å²) in [6.07, 6.45) is 11.8. The molecular weight excluding hydrogens is 182 g/mol. The van der Waals surface area contributed by atoms with E-state index < -0.39 is 0 Å². The molecule has 1 fully saturated rings. The molecule has 1 aliphatic carbocycles. The van der Waals surface area contributed by atoms with Gasteiger partial charge in [0.1, 0.15) is 0 Å². The summed E-state index contributed by atoms with van der Waals surface area (Å²) < 4.78 is 0. The molecule has 0 aromatic carbocycles. The molecule has 0 aromatic heterocycles. The topological polar surface area (TPSA) is 12.0 Å². The number of hydrogen-bond donors (Lipinski definition) is 1. The van der Waals surface area contributed by atoms with Crippen LogP contribution in [0.5, 0.6) is 0 Å². The van der Waals surface area contributed by atoms with Crippen LogP contribution in [0.4, 0.5) is 0 Å². The number of nitrogens with one attached hydrogen (secondary N) is 1. The Morgan fingerprint density at radius 1 is 1.40 bits per heavy atom. The van der Waals surface area contributed by atoms with Crippen molar-refractivity contribution in [2.24, 2.45) is 11.8 Å². The van der Waals surface area contributed by atoms with Crippen LogP contribution in [0.2, 0.25) is 0 Å². The molecule has 4 unspecified atom stereocenters. The van der Waals surface area contributed by atoms with Crippen LogP contribution in [-0.2, 0) is 0 Å². The zero-order valence-electron chi connectivity index (χ0n) is 10.4. The van der Waals surface area contributed by atoms with Crippen LogP contribution in [0.15, 0.2) is 0 Å². The first-order valence-electron chi connectivity index (χ1n) is 6.39. The summed E-state index contributed by atoms with van der Waals surface area (Å²) in [4.78, 5) is 0. The maximum atomic E-state index is 5.54. The van der Waals surface area contributed by atoms with Gasteiger partial charge in [0.25, 0.3) is 0 Å². The van der Waals surface area contributed by atoms with Crippen molar-refractivity contribution in [2.45, 2.75) is 65.0 Å². The lowest BCUT2D eigenvalue weighted by atomic mass is 9.79. The molecule has 4 atom stereocenters. The number of rotatable bonds is 4. The van der Waals surface area contributed by atoms with Crippen LogP contribution in [0, 0.1) is 24.2 Å².